The number of nitrogens with one attached hydrogen (secondary N) is 1. The number of amides is 1. The van der Waals surface area contributed by atoms with E-state index in [1.165, 1.54) is 18.2 Å². The second-order valence-electron chi connectivity index (χ2n) is 5.54. The topological polar surface area (TPSA) is 75.6 Å². The van der Waals surface area contributed by atoms with Crippen molar-refractivity contribution in [3.63, 3.8) is 0 Å². The van der Waals surface area contributed by atoms with Crippen LogP contribution in [0, 0.1) is 11.7 Å². The third-order valence-corrected chi connectivity index (χ3v) is 3.43. The highest BCUT2D eigenvalue weighted by Gasteiger charge is 2.22. The van der Waals surface area contributed by atoms with Crippen LogP contribution in [0.15, 0.2) is 18.2 Å². The highest BCUT2D eigenvalue weighted by Crippen LogP contribution is 2.32. The summed E-state index contributed by atoms with van der Waals surface area (Å²) in [6.07, 6.45) is 3.49. The highest BCUT2D eigenvalue weighted by atomic mass is 19.1. The molecule has 2 rings (SSSR count). The van der Waals surface area contributed by atoms with Crippen molar-refractivity contribution in [2.24, 2.45) is 5.92 Å². The quantitative estimate of drug-likeness (QED) is 0.687. The summed E-state index contributed by atoms with van der Waals surface area (Å²) in [5, 5.41) is 11.2. The van der Waals surface area contributed by atoms with Gasteiger partial charge in [-0.25, -0.2) is 4.39 Å². The van der Waals surface area contributed by atoms with Crippen molar-refractivity contribution in [1.82, 2.24) is 0 Å². The van der Waals surface area contributed by atoms with Gasteiger partial charge in [-0.05, 0) is 43.7 Å². The van der Waals surface area contributed by atoms with Crippen LogP contribution >= 0.6 is 0 Å². The summed E-state index contributed by atoms with van der Waals surface area (Å²) < 4.78 is 18.9. The molecule has 2 N–H and O–H groups in total. The molecule has 1 aromatic carbocycles. The third kappa shape index (κ3) is 5.71. The van der Waals surface area contributed by atoms with E-state index in [1.807, 2.05) is 0 Å². The first-order valence-electron chi connectivity index (χ1n) is 7.48. The van der Waals surface area contributed by atoms with Crippen LogP contribution in [0.1, 0.15) is 38.5 Å². The van der Waals surface area contributed by atoms with Crippen molar-refractivity contribution in [3.8, 4) is 5.75 Å². The lowest BCUT2D eigenvalue weighted by molar-refractivity contribution is -0.137. The fraction of sp³-hybridized carbons (Fsp3) is 0.500. The standard InChI is InChI=1S/C16H20FNO4/c17-12-7-8-13(14(9-12)22-10-11-5-6-11)18-15(19)3-1-2-4-16(20)21/h7-9,11H,1-6,10H2,(H,18,19)(H,20,21). The molecule has 0 bridgehead atoms. The van der Waals surface area contributed by atoms with Gasteiger partial charge in [0.05, 0.1) is 12.3 Å². The Labute approximate surface area is 128 Å². The van der Waals surface area contributed by atoms with E-state index in [4.69, 9.17) is 9.84 Å². The Morgan fingerprint density at radius 3 is 2.68 bits per heavy atom. The van der Waals surface area contributed by atoms with Gasteiger partial charge in [-0.2, -0.15) is 0 Å². The van der Waals surface area contributed by atoms with Gasteiger partial charge in [0.15, 0.2) is 0 Å². The monoisotopic (exact) mass is 309 g/mol. The van der Waals surface area contributed by atoms with Crippen molar-refractivity contribution in [3.05, 3.63) is 24.0 Å². The molecule has 1 fully saturated rings. The minimum Gasteiger partial charge on any atom is -0.491 e. The summed E-state index contributed by atoms with van der Waals surface area (Å²) >= 11 is 0. The van der Waals surface area contributed by atoms with Crippen LogP contribution in [0.5, 0.6) is 5.75 Å². The molecule has 0 radical (unpaired) electrons. The third-order valence-electron chi connectivity index (χ3n) is 3.43. The fourth-order valence-corrected chi connectivity index (χ4v) is 1.99. The Balaban J connectivity index is 1.84. The lowest BCUT2D eigenvalue weighted by Crippen LogP contribution is -2.13. The SMILES string of the molecule is O=C(O)CCCCC(=O)Nc1ccc(F)cc1OCC1CC1. The second-order valence-corrected chi connectivity index (χ2v) is 5.54. The molecule has 1 saturated carbocycles. The van der Waals surface area contributed by atoms with Crippen molar-refractivity contribution < 1.29 is 23.8 Å². The Morgan fingerprint density at radius 2 is 2.00 bits per heavy atom. The van der Waals surface area contributed by atoms with E-state index in [0.29, 0.717) is 36.8 Å². The van der Waals surface area contributed by atoms with Gasteiger partial charge >= 0.3 is 5.97 Å². The van der Waals surface area contributed by atoms with Crippen LogP contribution in [0.25, 0.3) is 0 Å². The van der Waals surface area contributed by atoms with E-state index in [9.17, 15) is 14.0 Å². The van der Waals surface area contributed by atoms with Crippen LogP contribution in [-0.4, -0.2) is 23.6 Å². The van der Waals surface area contributed by atoms with E-state index in [1.54, 1.807) is 0 Å². The van der Waals surface area contributed by atoms with Crippen molar-refractivity contribution in [2.45, 2.75) is 38.5 Å². The first kappa shape index (κ1) is 16.3. The zero-order chi connectivity index (χ0) is 15.9. The van der Waals surface area contributed by atoms with Gasteiger partial charge in [-0.3, -0.25) is 9.59 Å². The molecule has 5 nitrogen and oxygen atoms in total. The van der Waals surface area contributed by atoms with Crippen molar-refractivity contribution in [2.75, 3.05) is 11.9 Å². The lowest BCUT2D eigenvalue weighted by Gasteiger charge is -2.12. The fourth-order valence-electron chi connectivity index (χ4n) is 1.99. The summed E-state index contributed by atoms with van der Waals surface area (Å²) in [6, 6.07) is 4.01. The Morgan fingerprint density at radius 1 is 1.27 bits per heavy atom. The van der Waals surface area contributed by atoms with Crippen LogP contribution < -0.4 is 10.1 Å². The molecular formula is C16H20FNO4. The van der Waals surface area contributed by atoms with Crippen LogP contribution in [0.3, 0.4) is 0 Å². The molecule has 0 aliphatic heterocycles. The molecule has 6 heteroatoms. The molecule has 1 aliphatic rings. The summed E-state index contributed by atoms with van der Waals surface area (Å²) in [4.78, 5) is 22.2. The number of carboxylic acid groups (broad SMARTS) is 1. The molecule has 1 aliphatic carbocycles. The number of rotatable bonds is 9. The van der Waals surface area contributed by atoms with Crippen LogP contribution in [-0.2, 0) is 9.59 Å². The van der Waals surface area contributed by atoms with Gasteiger partial charge in [0.1, 0.15) is 11.6 Å². The van der Waals surface area contributed by atoms with E-state index in [2.05, 4.69) is 5.32 Å². The number of carbonyl (C=O) groups excluding carboxylic acids is 1. The van der Waals surface area contributed by atoms with Crippen molar-refractivity contribution in [1.29, 1.82) is 0 Å². The molecule has 1 amide bonds. The van der Waals surface area contributed by atoms with E-state index in [-0.39, 0.29) is 18.7 Å². The number of ether oxygens (including phenoxy) is 1. The summed E-state index contributed by atoms with van der Waals surface area (Å²) in [6.45, 7) is 0.533. The molecule has 0 spiro atoms. The molecule has 0 unspecified atom stereocenters. The smallest absolute Gasteiger partial charge is 0.303 e. The summed E-state index contributed by atoms with van der Waals surface area (Å²) in [7, 11) is 0. The Hall–Kier alpha value is -2.11. The lowest BCUT2D eigenvalue weighted by atomic mass is 10.2. The Kier molecular flexibility index (Phi) is 5.75. The Bertz CT molecular complexity index is 543. The average molecular weight is 309 g/mol. The molecule has 1 aromatic rings. The zero-order valence-corrected chi connectivity index (χ0v) is 12.3. The van der Waals surface area contributed by atoms with Gasteiger partial charge < -0.3 is 15.2 Å². The number of anilines is 1. The van der Waals surface area contributed by atoms with E-state index >= 15 is 0 Å². The largest absolute Gasteiger partial charge is 0.491 e. The minimum absolute atomic E-state index is 0.0551. The van der Waals surface area contributed by atoms with Crippen LogP contribution in [0.4, 0.5) is 10.1 Å². The molecule has 0 atom stereocenters. The molecule has 120 valence electrons. The van der Waals surface area contributed by atoms with Gasteiger partial charge in [-0.1, -0.05) is 0 Å². The number of hydrogen-bond donors (Lipinski definition) is 2. The number of hydrogen-bond acceptors (Lipinski definition) is 3. The maximum Gasteiger partial charge on any atom is 0.303 e. The average Bonchev–Trinajstić information content (AvgIpc) is 3.28. The molecule has 0 aromatic heterocycles. The van der Waals surface area contributed by atoms with E-state index < -0.39 is 11.8 Å². The van der Waals surface area contributed by atoms with Gasteiger partial charge in [0, 0.05) is 18.9 Å². The predicted molar refractivity (Wildman–Crippen MR) is 79.4 cm³/mol. The second kappa shape index (κ2) is 7.77. The first-order chi connectivity index (χ1) is 10.5. The molecule has 22 heavy (non-hydrogen) atoms. The van der Waals surface area contributed by atoms with Gasteiger partial charge in [-0.15, -0.1) is 0 Å². The first-order valence-corrected chi connectivity index (χ1v) is 7.48. The zero-order valence-electron chi connectivity index (χ0n) is 12.3. The van der Waals surface area contributed by atoms with Gasteiger partial charge in [0.2, 0.25) is 5.91 Å². The summed E-state index contributed by atoms with van der Waals surface area (Å²) in [5.74, 6) is -0.637. The number of carboxylic acids is 1. The van der Waals surface area contributed by atoms with Crippen LogP contribution in [0.2, 0.25) is 0 Å². The van der Waals surface area contributed by atoms with E-state index in [0.717, 1.165) is 12.8 Å². The number of aliphatic carboxylic acids is 1. The maximum atomic E-state index is 13.3. The summed E-state index contributed by atoms with van der Waals surface area (Å²) in [5.41, 5.74) is 0.449. The predicted octanol–water partition coefficient (Wildman–Crippen LogP) is 3.20. The number of benzene rings is 1. The number of unbranched alkanes of at least 4 members (excludes halogenated alkanes) is 1. The maximum absolute atomic E-state index is 13.3. The molecular weight excluding hydrogens is 289 g/mol. The normalized spacial score (nSPS) is 13.7. The van der Waals surface area contributed by atoms with Crippen molar-refractivity contribution >= 4 is 17.6 Å². The number of halogens is 1. The minimum atomic E-state index is -0.866. The number of carbonyl (C=O) groups is 2. The van der Waals surface area contributed by atoms with Gasteiger partial charge in [0.25, 0.3) is 0 Å². The molecule has 0 heterocycles. The highest BCUT2D eigenvalue weighted by molar-refractivity contribution is 5.92. The molecule has 0 saturated heterocycles.